The number of hydrogen-bond acceptors (Lipinski definition) is 6. The van der Waals surface area contributed by atoms with Gasteiger partial charge in [-0.15, -0.1) is 5.10 Å². The van der Waals surface area contributed by atoms with E-state index in [1.807, 2.05) is 0 Å². The number of benzene rings is 2. The van der Waals surface area contributed by atoms with Crippen molar-refractivity contribution in [2.75, 3.05) is 11.9 Å². The molecule has 11 heteroatoms. The Morgan fingerprint density at radius 2 is 1.93 bits per heavy atom. The Morgan fingerprint density at radius 1 is 1.13 bits per heavy atom. The van der Waals surface area contributed by atoms with Gasteiger partial charge in [-0.3, -0.25) is 4.79 Å². The van der Waals surface area contributed by atoms with Crippen LogP contribution in [-0.4, -0.2) is 51.4 Å². The molecule has 1 atom stereocenters. The van der Waals surface area contributed by atoms with Crippen LogP contribution in [0, 0.1) is 5.82 Å². The highest BCUT2D eigenvalue weighted by atomic mass is 32.2. The zero-order valence-electron chi connectivity index (χ0n) is 15.8. The average Bonchev–Trinajstić information content (AvgIpc) is 3.31. The summed E-state index contributed by atoms with van der Waals surface area (Å²) in [6.07, 6.45) is 3.05. The van der Waals surface area contributed by atoms with E-state index in [-0.39, 0.29) is 17.1 Å². The fourth-order valence-corrected chi connectivity index (χ4v) is 5.11. The van der Waals surface area contributed by atoms with E-state index >= 15 is 0 Å². The van der Waals surface area contributed by atoms with E-state index in [0.29, 0.717) is 24.9 Å². The zero-order valence-corrected chi connectivity index (χ0v) is 16.7. The van der Waals surface area contributed by atoms with Crippen LogP contribution >= 0.6 is 0 Å². The van der Waals surface area contributed by atoms with Crippen LogP contribution in [-0.2, 0) is 14.8 Å². The van der Waals surface area contributed by atoms with Gasteiger partial charge in [0.25, 0.3) is 0 Å². The van der Waals surface area contributed by atoms with E-state index in [1.54, 1.807) is 18.2 Å². The molecule has 1 amide bonds. The largest absolute Gasteiger partial charge is 0.322 e. The Kier molecular flexibility index (Phi) is 5.55. The number of halogens is 1. The number of tetrazole rings is 1. The van der Waals surface area contributed by atoms with Crippen molar-refractivity contribution in [3.63, 3.8) is 0 Å². The molecule has 30 heavy (non-hydrogen) atoms. The van der Waals surface area contributed by atoms with E-state index < -0.39 is 27.8 Å². The Balaban J connectivity index is 1.60. The molecule has 9 nitrogen and oxygen atoms in total. The number of rotatable bonds is 5. The number of piperidine rings is 1. The number of carbonyl (C=O) groups is 1. The predicted molar refractivity (Wildman–Crippen MR) is 106 cm³/mol. The minimum atomic E-state index is -3.85. The summed E-state index contributed by atoms with van der Waals surface area (Å²) in [5, 5.41) is 13.3. The van der Waals surface area contributed by atoms with Crippen LogP contribution in [0.1, 0.15) is 19.3 Å². The molecule has 1 N–H and O–H groups in total. The maximum atomic E-state index is 14.3. The summed E-state index contributed by atoms with van der Waals surface area (Å²) >= 11 is 0. The van der Waals surface area contributed by atoms with Crippen molar-refractivity contribution in [3.05, 3.63) is 60.7 Å². The van der Waals surface area contributed by atoms with Crippen molar-refractivity contribution in [2.24, 2.45) is 0 Å². The standard InChI is InChI=1S/C19H19FN6O3S/c20-16-10-9-14(25-13-21-23-24-25)12-17(16)22-19(27)18-8-4-5-11-26(18)30(28,29)15-6-2-1-3-7-15/h1-3,6-7,9-10,12-13,18H,4-5,8,11H2,(H,22,27). The van der Waals surface area contributed by atoms with E-state index in [4.69, 9.17) is 0 Å². The minimum absolute atomic E-state index is 0.0735. The second-order valence-corrected chi connectivity index (χ2v) is 8.74. The van der Waals surface area contributed by atoms with Gasteiger partial charge < -0.3 is 5.32 Å². The molecule has 0 saturated carbocycles. The summed E-state index contributed by atoms with van der Waals surface area (Å²) in [5.41, 5.74) is 0.379. The van der Waals surface area contributed by atoms with Crippen LogP contribution in [0.3, 0.4) is 0 Å². The summed E-state index contributed by atoms with van der Waals surface area (Å²) < 4.78 is 43.0. The van der Waals surface area contributed by atoms with Crippen LogP contribution in [0.2, 0.25) is 0 Å². The van der Waals surface area contributed by atoms with Gasteiger partial charge in [-0.05, 0) is 53.6 Å². The lowest BCUT2D eigenvalue weighted by Gasteiger charge is -2.33. The van der Waals surface area contributed by atoms with E-state index in [9.17, 15) is 17.6 Å². The highest BCUT2D eigenvalue weighted by molar-refractivity contribution is 7.89. The third-order valence-electron chi connectivity index (χ3n) is 4.93. The minimum Gasteiger partial charge on any atom is -0.322 e. The highest BCUT2D eigenvalue weighted by Crippen LogP contribution is 2.27. The van der Waals surface area contributed by atoms with Gasteiger partial charge >= 0.3 is 0 Å². The van der Waals surface area contributed by atoms with Gasteiger partial charge in [0.2, 0.25) is 15.9 Å². The number of amides is 1. The molecular formula is C19H19FN6O3S. The van der Waals surface area contributed by atoms with Gasteiger partial charge in [-0.1, -0.05) is 24.6 Å². The van der Waals surface area contributed by atoms with E-state index in [0.717, 1.165) is 0 Å². The fraction of sp³-hybridized carbons (Fsp3) is 0.263. The maximum absolute atomic E-state index is 14.3. The third-order valence-corrected chi connectivity index (χ3v) is 6.85. The topological polar surface area (TPSA) is 110 Å². The molecule has 3 aromatic rings. The first-order valence-corrected chi connectivity index (χ1v) is 10.8. The molecular weight excluding hydrogens is 411 g/mol. The molecule has 2 aromatic carbocycles. The predicted octanol–water partition coefficient (Wildman–Crippen LogP) is 1.98. The Bertz CT molecular complexity index is 1140. The highest BCUT2D eigenvalue weighted by Gasteiger charge is 2.37. The summed E-state index contributed by atoms with van der Waals surface area (Å²) in [4.78, 5) is 13.1. The van der Waals surface area contributed by atoms with Crippen molar-refractivity contribution >= 4 is 21.6 Å². The van der Waals surface area contributed by atoms with Gasteiger partial charge in [0.05, 0.1) is 16.3 Å². The quantitative estimate of drug-likeness (QED) is 0.663. The van der Waals surface area contributed by atoms with E-state index in [1.165, 1.54) is 45.6 Å². The monoisotopic (exact) mass is 430 g/mol. The summed E-state index contributed by atoms with van der Waals surface area (Å²) in [5.74, 6) is -1.23. The number of nitrogens with one attached hydrogen (secondary N) is 1. The number of aromatic nitrogens is 4. The summed E-state index contributed by atoms with van der Waals surface area (Å²) in [6, 6.07) is 11.1. The molecule has 1 aliphatic heterocycles. The normalized spacial score (nSPS) is 17.6. The molecule has 1 saturated heterocycles. The Labute approximate surface area is 172 Å². The van der Waals surface area contributed by atoms with Gasteiger partial charge in [0.15, 0.2) is 0 Å². The van der Waals surface area contributed by atoms with Crippen molar-refractivity contribution < 1.29 is 17.6 Å². The first-order chi connectivity index (χ1) is 14.5. The Morgan fingerprint density at radius 3 is 2.67 bits per heavy atom. The van der Waals surface area contributed by atoms with Gasteiger partial charge in [0.1, 0.15) is 18.2 Å². The molecule has 2 heterocycles. The van der Waals surface area contributed by atoms with Gasteiger partial charge in [-0.25, -0.2) is 17.5 Å². The fourth-order valence-electron chi connectivity index (χ4n) is 3.43. The molecule has 4 rings (SSSR count). The molecule has 1 aliphatic rings. The first-order valence-electron chi connectivity index (χ1n) is 9.37. The van der Waals surface area contributed by atoms with Crippen molar-refractivity contribution in [3.8, 4) is 5.69 Å². The van der Waals surface area contributed by atoms with Crippen LogP contribution in [0.25, 0.3) is 5.69 Å². The van der Waals surface area contributed by atoms with Crippen molar-refractivity contribution in [1.29, 1.82) is 0 Å². The van der Waals surface area contributed by atoms with Gasteiger partial charge in [-0.2, -0.15) is 4.31 Å². The Hall–Kier alpha value is -3.18. The molecule has 1 aromatic heterocycles. The van der Waals surface area contributed by atoms with Crippen LogP contribution in [0.5, 0.6) is 0 Å². The number of anilines is 1. The number of sulfonamides is 1. The molecule has 0 aliphatic carbocycles. The van der Waals surface area contributed by atoms with Crippen molar-refractivity contribution in [2.45, 2.75) is 30.2 Å². The number of hydrogen-bond donors (Lipinski definition) is 1. The second kappa shape index (κ2) is 8.28. The second-order valence-electron chi connectivity index (χ2n) is 6.85. The van der Waals surface area contributed by atoms with Crippen molar-refractivity contribution in [1.82, 2.24) is 24.5 Å². The number of nitrogens with zero attached hydrogens (tertiary/aromatic N) is 5. The van der Waals surface area contributed by atoms with Crippen LogP contribution < -0.4 is 5.32 Å². The lowest BCUT2D eigenvalue weighted by Crippen LogP contribution is -2.49. The average molecular weight is 430 g/mol. The lowest BCUT2D eigenvalue weighted by atomic mass is 10.0. The first kappa shape index (κ1) is 20.1. The SMILES string of the molecule is O=C(Nc1cc(-n2cnnn2)ccc1F)C1CCCCN1S(=O)(=O)c1ccccc1. The summed E-state index contributed by atoms with van der Waals surface area (Å²) in [7, 11) is -3.85. The molecule has 0 radical (unpaired) electrons. The molecule has 1 fully saturated rings. The number of carbonyl (C=O) groups excluding carboxylic acids is 1. The molecule has 156 valence electrons. The van der Waals surface area contributed by atoms with Crippen LogP contribution in [0.15, 0.2) is 59.8 Å². The zero-order chi connectivity index (χ0) is 21.1. The van der Waals surface area contributed by atoms with Gasteiger partial charge in [0, 0.05) is 6.54 Å². The van der Waals surface area contributed by atoms with Crippen LogP contribution in [0.4, 0.5) is 10.1 Å². The summed E-state index contributed by atoms with van der Waals surface area (Å²) in [6.45, 7) is 0.225. The molecule has 1 unspecified atom stereocenters. The van der Waals surface area contributed by atoms with E-state index in [2.05, 4.69) is 20.8 Å². The maximum Gasteiger partial charge on any atom is 0.243 e. The molecule has 0 bridgehead atoms. The lowest BCUT2D eigenvalue weighted by molar-refractivity contribution is -0.120. The third kappa shape index (κ3) is 3.94. The molecule has 0 spiro atoms. The smallest absolute Gasteiger partial charge is 0.243 e.